The number of carbonyl (C=O) groups excluding carboxylic acids is 2. The number of fused-ring (bicyclic) bond motifs is 1. The molecule has 0 saturated carbocycles. The van der Waals surface area contributed by atoms with Crippen molar-refractivity contribution in [1.82, 2.24) is 10.6 Å². The van der Waals surface area contributed by atoms with E-state index >= 15 is 0 Å². The molecular formula is C19H28N2O4. The zero-order chi connectivity index (χ0) is 18.6. The van der Waals surface area contributed by atoms with Crippen LogP contribution in [0.4, 0.5) is 0 Å². The van der Waals surface area contributed by atoms with Crippen molar-refractivity contribution < 1.29 is 19.1 Å². The average molecular weight is 348 g/mol. The smallest absolute Gasteiger partial charge is 0.239 e. The molecule has 0 spiro atoms. The Balaban J connectivity index is 2.03. The van der Waals surface area contributed by atoms with Crippen molar-refractivity contribution in [3.63, 3.8) is 0 Å². The van der Waals surface area contributed by atoms with Crippen molar-refractivity contribution in [2.75, 3.05) is 19.8 Å². The molecule has 1 aliphatic rings. The molecule has 0 bridgehead atoms. The zero-order valence-corrected chi connectivity index (χ0v) is 15.6. The summed E-state index contributed by atoms with van der Waals surface area (Å²) in [4.78, 5) is 24.2. The third-order valence-corrected chi connectivity index (χ3v) is 4.00. The van der Waals surface area contributed by atoms with Crippen molar-refractivity contribution in [2.45, 2.75) is 40.7 Å². The normalized spacial score (nSPS) is 14.8. The summed E-state index contributed by atoms with van der Waals surface area (Å²) < 4.78 is 11.2. The Bertz CT molecular complexity index is 635. The van der Waals surface area contributed by atoms with Gasteiger partial charge in [0.05, 0.1) is 12.6 Å². The van der Waals surface area contributed by atoms with Gasteiger partial charge in [-0.3, -0.25) is 9.59 Å². The van der Waals surface area contributed by atoms with Gasteiger partial charge in [0.15, 0.2) is 11.5 Å². The first-order valence-corrected chi connectivity index (χ1v) is 8.65. The van der Waals surface area contributed by atoms with Crippen LogP contribution in [0.1, 0.15) is 46.2 Å². The third kappa shape index (κ3) is 5.11. The van der Waals surface area contributed by atoms with Crippen LogP contribution in [0.25, 0.3) is 0 Å². The van der Waals surface area contributed by atoms with E-state index in [1.165, 1.54) is 0 Å². The molecule has 2 rings (SSSR count). The number of rotatable bonds is 5. The number of benzene rings is 1. The molecule has 0 aliphatic carbocycles. The average Bonchev–Trinajstić information content (AvgIpc) is 2.56. The number of hydrogen-bond donors (Lipinski definition) is 2. The maximum Gasteiger partial charge on any atom is 0.239 e. The molecule has 138 valence electrons. The van der Waals surface area contributed by atoms with Crippen molar-refractivity contribution in [3.8, 4) is 11.5 Å². The van der Waals surface area contributed by atoms with Gasteiger partial charge < -0.3 is 20.1 Å². The van der Waals surface area contributed by atoms with Gasteiger partial charge >= 0.3 is 0 Å². The molecule has 6 heteroatoms. The molecule has 1 heterocycles. The van der Waals surface area contributed by atoms with Crippen LogP contribution in [0.2, 0.25) is 0 Å². The second kappa shape index (κ2) is 7.76. The highest BCUT2D eigenvalue weighted by Gasteiger charge is 2.24. The largest absolute Gasteiger partial charge is 0.486 e. The molecular weight excluding hydrogens is 320 g/mol. The molecule has 0 fully saturated rings. The standard InChI is InChI=1S/C19H28N2O4/c1-12(2)17(21-16(22)11-20-18(23)19(3,4)5)13-6-7-14-15(10-13)25-9-8-24-14/h6-7,10,12,17H,8-9,11H2,1-5H3,(H,20,23)(H,21,22). The minimum absolute atomic E-state index is 0.0378. The van der Waals surface area contributed by atoms with E-state index in [1.807, 2.05) is 52.8 Å². The van der Waals surface area contributed by atoms with Crippen LogP contribution < -0.4 is 20.1 Å². The molecule has 0 saturated heterocycles. The van der Waals surface area contributed by atoms with Gasteiger partial charge in [0, 0.05) is 5.41 Å². The molecule has 2 amide bonds. The van der Waals surface area contributed by atoms with Crippen molar-refractivity contribution >= 4 is 11.8 Å². The van der Waals surface area contributed by atoms with E-state index in [0.717, 1.165) is 11.3 Å². The van der Waals surface area contributed by atoms with E-state index in [9.17, 15) is 9.59 Å². The van der Waals surface area contributed by atoms with Gasteiger partial charge in [-0.1, -0.05) is 40.7 Å². The number of ether oxygens (including phenoxy) is 2. The lowest BCUT2D eigenvalue weighted by Crippen LogP contribution is -2.43. The van der Waals surface area contributed by atoms with Gasteiger partial charge in [0.2, 0.25) is 11.8 Å². The fraction of sp³-hybridized carbons (Fsp3) is 0.579. The fourth-order valence-corrected chi connectivity index (χ4v) is 2.54. The lowest BCUT2D eigenvalue weighted by Gasteiger charge is -2.26. The fourth-order valence-electron chi connectivity index (χ4n) is 2.54. The second-order valence-corrected chi connectivity index (χ2v) is 7.62. The van der Waals surface area contributed by atoms with Gasteiger partial charge in [0.1, 0.15) is 13.2 Å². The van der Waals surface area contributed by atoms with Gasteiger partial charge in [-0.05, 0) is 23.6 Å². The highest BCUT2D eigenvalue weighted by atomic mass is 16.6. The van der Waals surface area contributed by atoms with Crippen LogP contribution in [0, 0.1) is 11.3 Å². The number of hydrogen-bond acceptors (Lipinski definition) is 4. The second-order valence-electron chi connectivity index (χ2n) is 7.62. The highest BCUT2D eigenvalue weighted by molar-refractivity contribution is 5.87. The highest BCUT2D eigenvalue weighted by Crippen LogP contribution is 2.34. The third-order valence-electron chi connectivity index (χ3n) is 4.00. The van der Waals surface area contributed by atoms with Crippen LogP contribution in [-0.2, 0) is 9.59 Å². The van der Waals surface area contributed by atoms with E-state index in [4.69, 9.17) is 9.47 Å². The molecule has 25 heavy (non-hydrogen) atoms. The number of amides is 2. The molecule has 0 radical (unpaired) electrons. The minimum atomic E-state index is -0.520. The quantitative estimate of drug-likeness (QED) is 0.857. The van der Waals surface area contributed by atoms with Crippen molar-refractivity contribution in [2.24, 2.45) is 11.3 Å². The Labute approximate surface area is 149 Å². The number of carbonyl (C=O) groups is 2. The van der Waals surface area contributed by atoms with Gasteiger partial charge in [-0.25, -0.2) is 0 Å². The summed E-state index contributed by atoms with van der Waals surface area (Å²) in [6.07, 6.45) is 0. The molecule has 1 aromatic carbocycles. The molecule has 1 unspecified atom stereocenters. The maximum atomic E-state index is 12.3. The SMILES string of the molecule is CC(C)C(NC(=O)CNC(=O)C(C)(C)C)c1ccc2c(c1)OCCO2. The summed E-state index contributed by atoms with van der Waals surface area (Å²) in [5.41, 5.74) is 0.433. The summed E-state index contributed by atoms with van der Waals surface area (Å²) in [5.74, 6) is 1.24. The summed E-state index contributed by atoms with van der Waals surface area (Å²) in [5, 5.41) is 5.67. The zero-order valence-electron chi connectivity index (χ0n) is 15.6. The van der Waals surface area contributed by atoms with E-state index in [0.29, 0.717) is 19.0 Å². The summed E-state index contributed by atoms with van der Waals surface area (Å²) in [6, 6.07) is 5.54. The summed E-state index contributed by atoms with van der Waals surface area (Å²) >= 11 is 0. The van der Waals surface area contributed by atoms with E-state index < -0.39 is 5.41 Å². The lowest BCUT2D eigenvalue weighted by molar-refractivity contribution is -0.131. The van der Waals surface area contributed by atoms with E-state index in [1.54, 1.807) is 0 Å². The molecule has 1 atom stereocenters. The van der Waals surface area contributed by atoms with Crippen LogP contribution in [0.5, 0.6) is 11.5 Å². The molecule has 0 aromatic heterocycles. The molecule has 2 N–H and O–H groups in total. The van der Waals surface area contributed by atoms with E-state index in [-0.39, 0.29) is 30.3 Å². The summed E-state index contributed by atoms with van der Waals surface area (Å²) in [7, 11) is 0. The Morgan fingerprint density at radius 3 is 2.36 bits per heavy atom. The Kier molecular flexibility index (Phi) is 5.93. The Hall–Kier alpha value is -2.24. The van der Waals surface area contributed by atoms with Crippen molar-refractivity contribution in [3.05, 3.63) is 23.8 Å². The van der Waals surface area contributed by atoms with Crippen molar-refractivity contribution in [1.29, 1.82) is 0 Å². The first-order chi connectivity index (χ1) is 11.7. The molecule has 1 aromatic rings. The topological polar surface area (TPSA) is 76.7 Å². The van der Waals surface area contributed by atoms with Crippen LogP contribution >= 0.6 is 0 Å². The predicted octanol–water partition coefficient (Wildman–Crippen LogP) is 2.43. The molecule has 6 nitrogen and oxygen atoms in total. The monoisotopic (exact) mass is 348 g/mol. The van der Waals surface area contributed by atoms with Crippen LogP contribution in [-0.4, -0.2) is 31.6 Å². The summed E-state index contributed by atoms with van der Waals surface area (Å²) in [6.45, 7) is 10.5. The van der Waals surface area contributed by atoms with Crippen LogP contribution in [0.15, 0.2) is 18.2 Å². The first kappa shape index (κ1) is 19.1. The van der Waals surface area contributed by atoms with Gasteiger partial charge in [-0.2, -0.15) is 0 Å². The van der Waals surface area contributed by atoms with Crippen LogP contribution in [0.3, 0.4) is 0 Å². The Morgan fingerprint density at radius 2 is 1.76 bits per heavy atom. The lowest BCUT2D eigenvalue weighted by atomic mass is 9.95. The maximum absolute atomic E-state index is 12.3. The van der Waals surface area contributed by atoms with E-state index in [2.05, 4.69) is 10.6 Å². The van der Waals surface area contributed by atoms with Gasteiger partial charge in [-0.15, -0.1) is 0 Å². The minimum Gasteiger partial charge on any atom is -0.486 e. The Morgan fingerprint density at radius 1 is 1.12 bits per heavy atom. The predicted molar refractivity (Wildman–Crippen MR) is 95.6 cm³/mol. The first-order valence-electron chi connectivity index (χ1n) is 8.65. The molecule has 1 aliphatic heterocycles. The number of nitrogens with one attached hydrogen (secondary N) is 2. The van der Waals surface area contributed by atoms with Gasteiger partial charge in [0.25, 0.3) is 0 Å².